The highest BCUT2D eigenvalue weighted by Crippen LogP contribution is 2.54. The summed E-state index contributed by atoms with van der Waals surface area (Å²) in [5.74, 6) is 0.698. The molecule has 1 N–H and O–H groups in total. The van der Waals surface area contributed by atoms with Crippen LogP contribution in [0, 0.1) is 47.7 Å². The van der Waals surface area contributed by atoms with Crippen molar-refractivity contribution in [3.05, 3.63) is 63.1 Å². The van der Waals surface area contributed by atoms with Gasteiger partial charge in [0.15, 0.2) is 5.82 Å². The highest BCUT2D eigenvalue weighted by molar-refractivity contribution is 6.43. The summed E-state index contributed by atoms with van der Waals surface area (Å²) in [5, 5.41) is 15.6. The van der Waals surface area contributed by atoms with Gasteiger partial charge in [0.25, 0.3) is 0 Å². The second-order valence-corrected chi connectivity index (χ2v) is 16.7. The zero-order valence-electron chi connectivity index (χ0n) is 28.5. The van der Waals surface area contributed by atoms with Crippen LogP contribution in [-0.4, -0.2) is 62.9 Å². The Morgan fingerprint density at radius 1 is 1.04 bits per heavy atom. The standard InChI is InChI=1S/C40H39Cl2FN6O2/c1-19-27-15-31(37-24-12-25(48(37)40(51)21-9-10-21)18-47(17-24)39(50)20-7-8-20)49(36-23-14-30(36)45-16-23)38(27)28-13-22(4-3-11-44)32(34(43)35(28)46-19)26-5-2-6-29(41)33(26)42/h2,5-6,13,15,20-21,23-25,30,36-37,45H,3-4,7-10,12,14,16-18H2,1H3/t23-,24+,25-,30-,36+,37-/m1/s1. The van der Waals surface area contributed by atoms with Crippen molar-refractivity contribution in [2.24, 2.45) is 23.7 Å². The fraction of sp³-hybridized carbons (Fsp3) is 0.500. The van der Waals surface area contributed by atoms with Gasteiger partial charge in [0, 0.05) is 83.1 Å². The minimum absolute atomic E-state index is 0.0109. The third-order valence-electron chi connectivity index (χ3n) is 12.8. The predicted molar refractivity (Wildman–Crippen MR) is 194 cm³/mol. The van der Waals surface area contributed by atoms with Gasteiger partial charge in [0.05, 0.1) is 39.8 Å². The van der Waals surface area contributed by atoms with Crippen molar-refractivity contribution < 1.29 is 14.0 Å². The Bertz CT molecular complexity index is 2210. The molecular formula is C40H39Cl2FN6O2. The van der Waals surface area contributed by atoms with Crippen LogP contribution in [-0.2, 0) is 16.0 Å². The number of pyridine rings is 1. The second kappa shape index (κ2) is 11.6. The molecule has 0 spiro atoms. The Labute approximate surface area is 305 Å². The maximum atomic E-state index is 17.2. The molecule has 6 atom stereocenters. The molecule has 0 unspecified atom stereocenters. The van der Waals surface area contributed by atoms with Crippen LogP contribution in [0.5, 0.6) is 0 Å². The number of hydrogen-bond acceptors (Lipinski definition) is 5. The lowest BCUT2D eigenvalue weighted by Crippen LogP contribution is -2.47. The minimum Gasteiger partial charge on any atom is -0.340 e. The number of hydrogen-bond donors (Lipinski definition) is 1. The molecule has 0 radical (unpaired) electrons. The van der Waals surface area contributed by atoms with E-state index in [2.05, 4.69) is 26.9 Å². The number of benzene rings is 2. The van der Waals surface area contributed by atoms with Gasteiger partial charge in [-0.2, -0.15) is 5.26 Å². The molecule has 4 saturated heterocycles. The van der Waals surface area contributed by atoms with Crippen molar-refractivity contribution in [3.63, 3.8) is 0 Å². The van der Waals surface area contributed by atoms with Crippen LogP contribution >= 0.6 is 23.2 Å². The van der Waals surface area contributed by atoms with Crippen molar-refractivity contribution in [2.45, 2.75) is 82.5 Å². The van der Waals surface area contributed by atoms with Gasteiger partial charge in [-0.25, -0.2) is 9.37 Å². The summed E-state index contributed by atoms with van der Waals surface area (Å²) < 4.78 is 19.7. The molecule has 2 aromatic carbocycles. The molecule has 6 heterocycles. The number of fused-ring (bicyclic) bond motifs is 6. The van der Waals surface area contributed by atoms with E-state index < -0.39 is 5.82 Å². The summed E-state index contributed by atoms with van der Waals surface area (Å²) in [6, 6.07) is 11.9. The quantitative estimate of drug-likeness (QED) is 0.213. The van der Waals surface area contributed by atoms with Crippen LogP contribution in [0.2, 0.25) is 10.0 Å². The molecule has 3 aliphatic carbocycles. The Hall–Kier alpha value is -3.71. The number of likely N-dealkylation sites (tertiary alicyclic amines) is 2. The normalized spacial score (nSPS) is 28.1. The molecule has 4 bridgehead atoms. The van der Waals surface area contributed by atoms with Gasteiger partial charge in [-0.1, -0.05) is 35.3 Å². The van der Waals surface area contributed by atoms with Crippen LogP contribution in [0.4, 0.5) is 4.39 Å². The van der Waals surface area contributed by atoms with Gasteiger partial charge in [-0.15, -0.1) is 0 Å². The summed E-state index contributed by atoms with van der Waals surface area (Å²) in [5.41, 5.74) is 4.47. The Balaban J connectivity index is 1.22. The second-order valence-electron chi connectivity index (χ2n) is 15.9. The maximum absolute atomic E-state index is 17.2. The van der Waals surface area contributed by atoms with E-state index in [0.29, 0.717) is 52.5 Å². The van der Waals surface area contributed by atoms with Crippen LogP contribution in [0.3, 0.4) is 0 Å². The Morgan fingerprint density at radius 2 is 1.82 bits per heavy atom. The van der Waals surface area contributed by atoms with Crippen LogP contribution in [0.1, 0.15) is 74.0 Å². The SMILES string of the molecule is Cc1nc2c(F)c(-c3cccc(Cl)c3Cl)c(CCC#N)cc2c2c1cc([C@H]1[C@H]3C[C@H](CN(C(=O)C4CC4)C3)N1C(=O)C1CC1)n2[C@H]1[C@H]2CN[C@@H]1C2. The number of halogens is 3. The van der Waals surface area contributed by atoms with Crippen molar-refractivity contribution in [1.29, 1.82) is 5.26 Å². The number of carbonyl (C=O) groups excluding carboxylic acids is 2. The molecule has 4 aliphatic heterocycles. The first-order valence-corrected chi connectivity index (χ1v) is 19.3. The number of nitriles is 1. The fourth-order valence-corrected chi connectivity index (χ4v) is 10.5. The fourth-order valence-electron chi connectivity index (χ4n) is 10.1. The highest BCUT2D eigenvalue weighted by atomic mass is 35.5. The van der Waals surface area contributed by atoms with Gasteiger partial charge in [0.1, 0.15) is 5.52 Å². The first-order chi connectivity index (χ1) is 24.7. The summed E-state index contributed by atoms with van der Waals surface area (Å²) >= 11 is 13.1. The first-order valence-electron chi connectivity index (χ1n) is 18.6. The maximum Gasteiger partial charge on any atom is 0.226 e. The van der Waals surface area contributed by atoms with E-state index in [1.54, 1.807) is 18.2 Å². The summed E-state index contributed by atoms with van der Waals surface area (Å²) in [6.45, 7) is 4.11. The predicted octanol–water partition coefficient (Wildman–Crippen LogP) is 7.52. The summed E-state index contributed by atoms with van der Waals surface area (Å²) in [6.07, 6.45) is 6.26. The third kappa shape index (κ3) is 4.82. The smallest absolute Gasteiger partial charge is 0.226 e. The van der Waals surface area contributed by atoms with E-state index in [4.69, 9.17) is 28.2 Å². The van der Waals surface area contributed by atoms with E-state index in [9.17, 15) is 14.9 Å². The number of carbonyl (C=O) groups is 2. The zero-order chi connectivity index (χ0) is 34.9. The van der Waals surface area contributed by atoms with E-state index in [1.807, 2.05) is 17.9 Å². The number of aryl methyl sites for hydroxylation is 2. The Kier molecular flexibility index (Phi) is 7.30. The molecule has 262 valence electrons. The van der Waals surface area contributed by atoms with Crippen LogP contribution in [0.15, 0.2) is 30.3 Å². The number of nitrogens with zero attached hydrogens (tertiary/aromatic N) is 5. The largest absolute Gasteiger partial charge is 0.340 e. The van der Waals surface area contributed by atoms with Gasteiger partial charge in [-0.3, -0.25) is 9.59 Å². The zero-order valence-corrected chi connectivity index (χ0v) is 30.0. The molecule has 2 aromatic heterocycles. The third-order valence-corrected chi connectivity index (χ3v) is 13.6. The van der Waals surface area contributed by atoms with Crippen molar-refractivity contribution >= 4 is 56.8 Å². The average Bonchev–Trinajstić information content (AvgIpc) is 4.01. The number of aromatic nitrogens is 2. The Morgan fingerprint density at radius 3 is 2.53 bits per heavy atom. The topological polar surface area (TPSA) is 94.3 Å². The number of rotatable bonds is 7. The lowest BCUT2D eigenvalue weighted by atomic mass is 9.79. The molecule has 7 fully saturated rings. The van der Waals surface area contributed by atoms with Gasteiger partial charge >= 0.3 is 0 Å². The molecule has 7 aliphatic rings. The summed E-state index contributed by atoms with van der Waals surface area (Å²) in [7, 11) is 0. The molecule has 2 amide bonds. The number of amides is 2. The first kappa shape index (κ1) is 32.0. The molecular weight excluding hydrogens is 686 g/mol. The lowest BCUT2D eigenvalue weighted by Gasteiger charge is -2.40. The monoisotopic (exact) mass is 724 g/mol. The summed E-state index contributed by atoms with van der Waals surface area (Å²) in [4.78, 5) is 36.9. The van der Waals surface area contributed by atoms with Crippen molar-refractivity contribution in [1.82, 2.24) is 24.7 Å². The molecule has 11 heteroatoms. The highest BCUT2D eigenvalue weighted by Gasteiger charge is 2.55. The van der Waals surface area contributed by atoms with E-state index in [1.165, 1.54) is 0 Å². The van der Waals surface area contributed by atoms with E-state index >= 15 is 4.39 Å². The average molecular weight is 726 g/mol. The van der Waals surface area contributed by atoms with Gasteiger partial charge in [-0.05, 0) is 81.5 Å². The number of piperidine rings is 1. The van der Waals surface area contributed by atoms with Gasteiger partial charge < -0.3 is 19.7 Å². The number of nitrogens with one attached hydrogen (secondary N) is 1. The lowest BCUT2D eigenvalue weighted by molar-refractivity contribution is -0.138. The molecule has 3 saturated carbocycles. The molecule has 8 nitrogen and oxygen atoms in total. The van der Waals surface area contributed by atoms with Crippen LogP contribution < -0.4 is 5.32 Å². The van der Waals surface area contributed by atoms with Gasteiger partial charge in [0.2, 0.25) is 11.8 Å². The molecule has 51 heavy (non-hydrogen) atoms. The van der Waals surface area contributed by atoms with Crippen molar-refractivity contribution in [2.75, 3.05) is 19.6 Å². The molecule has 4 aromatic rings. The van der Waals surface area contributed by atoms with E-state index in [0.717, 1.165) is 67.4 Å². The minimum atomic E-state index is -0.477. The molecule has 11 rings (SSSR count). The van der Waals surface area contributed by atoms with E-state index in [-0.39, 0.29) is 70.7 Å². The van der Waals surface area contributed by atoms with Crippen molar-refractivity contribution in [3.8, 4) is 17.2 Å². The van der Waals surface area contributed by atoms with Crippen LogP contribution in [0.25, 0.3) is 32.9 Å².